The van der Waals surface area contributed by atoms with Crippen molar-refractivity contribution in [2.24, 2.45) is 0 Å². The molecule has 0 saturated carbocycles. The molecule has 86 valence electrons. The zero-order valence-corrected chi connectivity index (χ0v) is 10.4. The first-order valence-corrected chi connectivity index (χ1v) is 6.46. The molecule has 0 amide bonds. The van der Waals surface area contributed by atoms with Gasteiger partial charge in [0.15, 0.2) is 11.6 Å². The van der Waals surface area contributed by atoms with Gasteiger partial charge in [-0.1, -0.05) is 25.4 Å². The summed E-state index contributed by atoms with van der Waals surface area (Å²) in [6, 6.07) is 2.13. The van der Waals surface area contributed by atoms with E-state index < -0.39 is 0 Å². The Morgan fingerprint density at radius 3 is 2.94 bits per heavy atom. The van der Waals surface area contributed by atoms with Crippen molar-refractivity contribution in [1.82, 2.24) is 5.16 Å². The molecule has 0 bridgehead atoms. The Kier molecular flexibility index (Phi) is 3.29. The molecule has 0 aliphatic heterocycles. The molecule has 2 heterocycles. The predicted molar refractivity (Wildman–Crippen MR) is 67.6 cm³/mol. The summed E-state index contributed by atoms with van der Waals surface area (Å²) in [4.78, 5) is 1.18. The number of aromatic nitrogens is 1. The average molecular weight is 236 g/mol. The van der Waals surface area contributed by atoms with Crippen molar-refractivity contribution >= 4 is 17.2 Å². The molecule has 4 heteroatoms. The van der Waals surface area contributed by atoms with Crippen molar-refractivity contribution in [3.8, 4) is 10.6 Å². The van der Waals surface area contributed by atoms with E-state index in [0.717, 1.165) is 30.6 Å². The third-order valence-corrected chi connectivity index (χ3v) is 3.61. The van der Waals surface area contributed by atoms with Crippen LogP contribution in [-0.4, -0.2) is 5.16 Å². The van der Waals surface area contributed by atoms with Gasteiger partial charge in [-0.15, -0.1) is 11.3 Å². The Morgan fingerprint density at radius 2 is 2.25 bits per heavy atom. The lowest BCUT2D eigenvalue weighted by Crippen LogP contribution is -1.92. The van der Waals surface area contributed by atoms with Crippen LogP contribution in [0.2, 0.25) is 0 Å². The number of anilines is 1. The van der Waals surface area contributed by atoms with Gasteiger partial charge in [0.1, 0.15) is 0 Å². The SMILES string of the molecule is CCCc1c(N)noc1-c1sccc1CC. The molecule has 2 N–H and O–H groups in total. The van der Waals surface area contributed by atoms with E-state index in [-0.39, 0.29) is 0 Å². The number of hydrogen-bond acceptors (Lipinski definition) is 4. The quantitative estimate of drug-likeness (QED) is 0.884. The first kappa shape index (κ1) is 11.2. The van der Waals surface area contributed by atoms with Crippen molar-refractivity contribution in [2.45, 2.75) is 33.1 Å². The molecule has 0 spiro atoms. The van der Waals surface area contributed by atoms with Gasteiger partial charge in [0.2, 0.25) is 0 Å². The molecule has 2 aromatic heterocycles. The van der Waals surface area contributed by atoms with Gasteiger partial charge in [0, 0.05) is 5.56 Å². The van der Waals surface area contributed by atoms with E-state index in [1.54, 1.807) is 11.3 Å². The van der Waals surface area contributed by atoms with Crippen LogP contribution < -0.4 is 5.73 Å². The molecule has 0 aliphatic rings. The van der Waals surface area contributed by atoms with E-state index in [0.29, 0.717) is 5.82 Å². The molecule has 0 aliphatic carbocycles. The number of nitrogen functional groups attached to an aromatic ring is 1. The lowest BCUT2D eigenvalue weighted by molar-refractivity contribution is 0.435. The molecule has 16 heavy (non-hydrogen) atoms. The molecule has 0 atom stereocenters. The summed E-state index contributed by atoms with van der Waals surface area (Å²) < 4.78 is 5.37. The lowest BCUT2D eigenvalue weighted by Gasteiger charge is -2.00. The number of nitrogens with zero attached hydrogens (tertiary/aromatic N) is 1. The molecule has 3 nitrogen and oxygen atoms in total. The average Bonchev–Trinajstić information content (AvgIpc) is 2.87. The zero-order valence-electron chi connectivity index (χ0n) is 9.62. The van der Waals surface area contributed by atoms with E-state index >= 15 is 0 Å². The molecule has 2 rings (SSSR count). The maximum absolute atomic E-state index is 5.82. The van der Waals surface area contributed by atoms with E-state index in [4.69, 9.17) is 10.3 Å². The summed E-state index contributed by atoms with van der Waals surface area (Å²) in [5.74, 6) is 1.40. The highest BCUT2D eigenvalue weighted by molar-refractivity contribution is 7.13. The van der Waals surface area contributed by atoms with Crippen LogP contribution in [0.15, 0.2) is 16.0 Å². The molecular weight excluding hydrogens is 220 g/mol. The number of aryl methyl sites for hydroxylation is 1. The summed E-state index contributed by atoms with van der Waals surface area (Å²) in [5, 5.41) is 5.96. The van der Waals surface area contributed by atoms with Crippen LogP contribution in [0, 0.1) is 0 Å². The minimum Gasteiger partial charge on any atom is -0.381 e. The van der Waals surface area contributed by atoms with Gasteiger partial charge in [-0.25, -0.2) is 0 Å². The molecular formula is C12H16N2OS. The van der Waals surface area contributed by atoms with Gasteiger partial charge >= 0.3 is 0 Å². The van der Waals surface area contributed by atoms with Crippen LogP contribution in [0.4, 0.5) is 5.82 Å². The van der Waals surface area contributed by atoms with Gasteiger partial charge in [-0.2, -0.15) is 0 Å². The Bertz CT molecular complexity index is 473. The second-order valence-electron chi connectivity index (χ2n) is 3.75. The van der Waals surface area contributed by atoms with Crippen LogP contribution in [0.1, 0.15) is 31.4 Å². The largest absolute Gasteiger partial charge is 0.381 e. The summed E-state index contributed by atoms with van der Waals surface area (Å²) in [6.07, 6.45) is 2.97. The summed E-state index contributed by atoms with van der Waals surface area (Å²) >= 11 is 1.69. The van der Waals surface area contributed by atoms with Crippen LogP contribution >= 0.6 is 11.3 Å². The Balaban J connectivity index is 2.47. The fraction of sp³-hybridized carbons (Fsp3) is 0.417. The minimum atomic E-state index is 0.535. The molecule has 0 saturated heterocycles. The van der Waals surface area contributed by atoms with Crippen molar-refractivity contribution in [1.29, 1.82) is 0 Å². The zero-order chi connectivity index (χ0) is 11.5. The van der Waals surface area contributed by atoms with Crippen LogP contribution in [0.3, 0.4) is 0 Å². The smallest absolute Gasteiger partial charge is 0.182 e. The lowest BCUT2D eigenvalue weighted by atomic mass is 10.1. The van der Waals surface area contributed by atoms with Gasteiger partial charge in [-0.05, 0) is 29.9 Å². The minimum absolute atomic E-state index is 0.535. The fourth-order valence-electron chi connectivity index (χ4n) is 1.80. The summed E-state index contributed by atoms with van der Waals surface area (Å²) in [7, 11) is 0. The molecule has 0 radical (unpaired) electrons. The highest BCUT2D eigenvalue weighted by Gasteiger charge is 2.18. The van der Waals surface area contributed by atoms with E-state index in [2.05, 4.69) is 30.5 Å². The topological polar surface area (TPSA) is 52.0 Å². The Hall–Kier alpha value is -1.29. The molecule has 0 fully saturated rings. The first-order chi connectivity index (χ1) is 7.77. The maximum atomic E-state index is 5.82. The van der Waals surface area contributed by atoms with Gasteiger partial charge < -0.3 is 10.3 Å². The fourth-order valence-corrected chi connectivity index (χ4v) is 2.80. The monoisotopic (exact) mass is 236 g/mol. The second-order valence-corrected chi connectivity index (χ2v) is 4.67. The third kappa shape index (κ3) is 1.85. The highest BCUT2D eigenvalue weighted by atomic mass is 32.1. The molecule has 0 unspecified atom stereocenters. The highest BCUT2D eigenvalue weighted by Crippen LogP contribution is 2.35. The van der Waals surface area contributed by atoms with Crippen LogP contribution in [-0.2, 0) is 12.8 Å². The van der Waals surface area contributed by atoms with Crippen molar-refractivity contribution in [2.75, 3.05) is 5.73 Å². The number of rotatable bonds is 4. The Labute approximate surface area is 99.3 Å². The Morgan fingerprint density at radius 1 is 1.44 bits per heavy atom. The van der Waals surface area contributed by atoms with Crippen LogP contribution in [0.25, 0.3) is 10.6 Å². The van der Waals surface area contributed by atoms with Gasteiger partial charge in [0.05, 0.1) is 4.88 Å². The van der Waals surface area contributed by atoms with E-state index in [1.165, 1.54) is 10.4 Å². The first-order valence-electron chi connectivity index (χ1n) is 5.58. The standard InChI is InChI=1S/C12H16N2OS/c1-3-5-9-10(15-14-12(9)13)11-8(4-2)6-7-16-11/h6-7H,3-5H2,1-2H3,(H2,13,14). The number of nitrogens with two attached hydrogens (primary N) is 1. The third-order valence-electron chi connectivity index (χ3n) is 2.65. The maximum Gasteiger partial charge on any atom is 0.182 e. The van der Waals surface area contributed by atoms with Crippen LogP contribution in [0.5, 0.6) is 0 Å². The summed E-state index contributed by atoms with van der Waals surface area (Å²) in [6.45, 7) is 4.27. The van der Waals surface area contributed by atoms with Crippen molar-refractivity contribution < 1.29 is 4.52 Å². The van der Waals surface area contributed by atoms with E-state index in [1.807, 2.05) is 0 Å². The molecule has 2 aromatic rings. The number of hydrogen-bond donors (Lipinski definition) is 1. The summed E-state index contributed by atoms with van der Waals surface area (Å²) in [5.41, 5.74) is 8.18. The van der Waals surface area contributed by atoms with Gasteiger partial charge in [-0.3, -0.25) is 0 Å². The van der Waals surface area contributed by atoms with Crippen molar-refractivity contribution in [3.05, 3.63) is 22.6 Å². The second kappa shape index (κ2) is 4.70. The van der Waals surface area contributed by atoms with E-state index in [9.17, 15) is 0 Å². The van der Waals surface area contributed by atoms with Gasteiger partial charge in [0.25, 0.3) is 0 Å². The van der Waals surface area contributed by atoms with Crippen molar-refractivity contribution in [3.63, 3.8) is 0 Å². The normalized spacial score (nSPS) is 10.9. The predicted octanol–water partition coefficient (Wildman–Crippen LogP) is 3.50. The molecule has 0 aromatic carbocycles. The number of thiophene rings is 1.